The van der Waals surface area contributed by atoms with Crippen molar-refractivity contribution in [2.24, 2.45) is 12.0 Å². The van der Waals surface area contributed by atoms with Crippen molar-refractivity contribution >= 4 is 11.6 Å². The fraction of sp³-hybridized carbons (Fsp3) is 0.471. The van der Waals surface area contributed by atoms with Gasteiger partial charge in [0.2, 0.25) is 0 Å². The molecule has 0 fully saturated rings. The zero-order valence-corrected chi connectivity index (χ0v) is 15.0. The largest absolute Gasteiger partial charge is 0.370 e. The van der Waals surface area contributed by atoms with E-state index in [0.29, 0.717) is 6.54 Å². The Bertz CT molecular complexity index is 662. The van der Waals surface area contributed by atoms with E-state index in [-0.39, 0.29) is 0 Å². The number of benzene rings is 1. The molecule has 1 aromatic carbocycles. The number of aryl methyl sites for hydroxylation is 2. The number of nitrogens with zero attached hydrogens (tertiary/aromatic N) is 5. The summed E-state index contributed by atoms with van der Waals surface area (Å²) in [4.78, 5) is 10.8. The Labute approximate surface area is 143 Å². The predicted octanol–water partition coefficient (Wildman–Crippen LogP) is 1.32. The quantitative estimate of drug-likeness (QED) is 0.592. The lowest BCUT2D eigenvalue weighted by molar-refractivity contribution is 0.670. The number of anilines is 1. The van der Waals surface area contributed by atoms with Crippen LogP contribution in [0, 0.1) is 6.92 Å². The maximum atomic E-state index is 4.25. The normalized spacial score (nSPS) is 11.4. The molecule has 2 N–H and O–H groups in total. The topological polar surface area (TPSA) is 70.4 Å². The molecule has 0 aliphatic rings. The Kier molecular flexibility index (Phi) is 6.60. The molecule has 7 heteroatoms. The number of aromatic nitrogens is 3. The van der Waals surface area contributed by atoms with Crippen molar-refractivity contribution in [1.29, 1.82) is 0 Å². The van der Waals surface area contributed by atoms with Gasteiger partial charge in [0.15, 0.2) is 5.96 Å². The molecule has 0 spiro atoms. The first-order valence-electron chi connectivity index (χ1n) is 8.23. The van der Waals surface area contributed by atoms with Crippen molar-refractivity contribution in [2.75, 3.05) is 31.6 Å². The van der Waals surface area contributed by atoms with Gasteiger partial charge in [-0.25, -0.2) is 4.98 Å². The summed E-state index contributed by atoms with van der Waals surface area (Å²) in [5.74, 6) is 1.63. The first kappa shape index (κ1) is 17.8. The van der Waals surface area contributed by atoms with E-state index in [0.717, 1.165) is 31.4 Å². The highest BCUT2D eigenvalue weighted by molar-refractivity contribution is 5.79. The van der Waals surface area contributed by atoms with E-state index in [1.807, 2.05) is 7.05 Å². The summed E-state index contributed by atoms with van der Waals surface area (Å²) in [5, 5.41) is 10.7. The first-order chi connectivity index (χ1) is 11.7. The molecule has 0 unspecified atom stereocenters. The van der Waals surface area contributed by atoms with E-state index in [4.69, 9.17) is 0 Å². The van der Waals surface area contributed by atoms with E-state index < -0.39 is 0 Å². The van der Waals surface area contributed by atoms with Gasteiger partial charge >= 0.3 is 0 Å². The average molecular weight is 329 g/mol. The second-order valence-electron chi connectivity index (χ2n) is 5.52. The van der Waals surface area contributed by atoms with Crippen LogP contribution in [-0.2, 0) is 13.6 Å². The highest BCUT2D eigenvalue weighted by Gasteiger charge is 2.07. The van der Waals surface area contributed by atoms with Gasteiger partial charge in [-0.3, -0.25) is 9.67 Å². The van der Waals surface area contributed by atoms with Gasteiger partial charge in [0.25, 0.3) is 0 Å². The average Bonchev–Trinajstić information content (AvgIpc) is 3.00. The van der Waals surface area contributed by atoms with Crippen LogP contribution in [0.2, 0.25) is 0 Å². The summed E-state index contributed by atoms with van der Waals surface area (Å²) >= 11 is 0. The van der Waals surface area contributed by atoms with Crippen LogP contribution in [0.5, 0.6) is 0 Å². The lowest BCUT2D eigenvalue weighted by atomic mass is 10.2. The molecule has 2 rings (SSSR count). The second-order valence-corrected chi connectivity index (χ2v) is 5.52. The third kappa shape index (κ3) is 4.71. The third-order valence-electron chi connectivity index (χ3n) is 3.95. The minimum Gasteiger partial charge on any atom is -0.370 e. The third-order valence-corrected chi connectivity index (χ3v) is 3.95. The number of aliphatic imine (C=N–C) groups is 1. The van der Waals surface area contributed by atoms with E-state index in [1.165, 1.54) is 11.3 Å². The Hall–Kier alpha value is -2.57. The number of likely N-dealkylation sites (N-methyl/N-ethyl adjacent to an activating group) is 1. The van der Waals surface area contributed by atoms with Crippen LogP contribution in [0.25, 0.3) is 0 Å². The lowest BCUT2D eigenvalue weighted by Crippen LogP contribution is -2.41. The molecule has 130 valence electrons. The van der Waals surface area contributed by atoms with Crippen LogP contribution in [0.1, 0.15) is 18.3 Å². The minimum absolute atomic E-state index is 0.589. The molecule has 7 nitrogen and oxygen atoms in total. The fourth-order valence-corrected chi connectivity index (χ4v) is 2.54. The van der Waals surface area contributed by atoms with Crippen molar-refractivity contribution in [3.8, 4) is 0 Å². The molecule has 1 aromatic heterocycles. The zero-order valence-electron chi connectivity index (χ0n) is 15.0. The van der Waals surface area contributed by atoms with Gasteiger partial charge in [0.05, 0.1) is 6.54 Å². The second kappa shape index (κ2) is 8.90. The lowest BCUT2D eigenvalue weighted by Gasteiger charge is -2.25. The molecule has 0 radical (unpaired) electrons. The maximum absolute atomic E-state index is 4.25. The monoisotopic (exact) mass is 329 g/mol. The standard InChI is InChI=1S/C17H27N7/c1-5-24(15-9-7-6-8-14(15)2)11-10-19-17(18-3)20-12-16-21-13-22-23(16)4/h6-9,13H,5,10-12H2,1-4H3,(H2,18,19,20). The van der Waals surface area contributed by atoms with Gasteiger partial charge in [0, 0.05) is 39.4 Å². The van der Waals surface area contributed by atoms with Gasteiger partial charge in [-0.2, -0.15) is 5.10 Å². The number of rotatable bonds is 7. The molecular formula is C17H27N7. The highest BCUT2D eigenvalue weighted by atomic mass is 15.3. The number of guanidine groups is 1. The molecule has 0 amide bonds. The molecule has 1 heterocycles. The summed E-state index contributed by atoms with van der Waals surface area (Å²) in [6, 6.07) is 8.47. The molecule has 24 heavy (non-hydrogen) atoms. The molecule has 0 bridgehead atoms. The van der Waals surface area contributed by atoms with Crippen molar-refractivity contribution in [1.82, 2.24) is 25.4 Å². The molecule has 0 aliphatic heterocycles. The summed E-state index contributed by atoms with van der Waals surface area (Å²) in [7, 11) is 3.65. The Morgan fingerprint density at radius 2 is 2.08 bits per heavy atom. The fourth-order valence-electron chi connectivity index (χ4n) is 2.54. The minimum atomic E-state index is 0.589. The van der Waals surface area contributed by atoms with E-state index in [9.17, 15) is 0 Å². The van der Waals surface area contributed by atoms with Crippen LogP contribution in [0.15, 0.2) is 35.6 Å². The van der Waals surface area contributed by atoms with Crippen molar-refractivity contribution < 1.29 is 0 Å². The van der Waals surface area contributed by atoms with Gasteiger partial charge < -0.3 is 15.5 Å². The van der Waals surface area contributed by atoms with Crippen LogP contribution >= 0.6 is 0 Å². The molecule has 0 atom stereocenters. The van der Waals surface area contributed by atoms with Crippen LogP contribution in [-0.4, -0.2) is 47.4 Å². The maximum Gasteiger partial charge on any atom is 0.191 e. The number of nitrogens with one attached hydrogen (secondary N) is 2. The van der Waals surface area contributed by atoms with Gasteiger partial charge in [-0.1, -0.05) is 18.2 Å². The van der Waals surface area contributed by atoms with Crippen LogP contribution in [0.4, 0.5) is 5.69 Å². The molecule has 0 saturated heterocycles. The first-order valence-corrected chi connectivity index (χ1v) is 8.23. The van der Waals surface area contributed by atoms with E-state index in [1.54, 1.807) is 18.1 Å². The molecule has 0 saturated carbocycles. The summed E-state index contributed by atoms with van der Waals surface area (Å²) in [6.45, 7) is 7.59. The molecule has 2 aromatic rings. The smallest absolute Gasteiger partial charge is 0.191 e. The summed E-state index contributed by atoms with van der Waals surface area (Å²) < 4.78 is 1.75. The van der Waals surface area contributed by atoms with Crippen LogP contribution in [0.3, 0.4) is 0 Å². The predicted molar refractivity (Wildman–Crippen MR) is 98.3 cm³/mol. The number of para-hydroxylation sites is 1. The Morgan fingerprint density at radius 1 is 1.29 bits per heavy atom. The molecule has 0 aliphatic carbocycles. The van der Waals surface area contributed by atoms with Gasteiger partial charge in [0.1, 0.15) is 12.2 Å². The van der Waals surface area contributed by atoms with E-state index >= 15 is 0 Å². The van der Waals surface area contributed by atoms with Crippen molar-refractivity contribution in [3.63, 3.8) is 0 Å². The SMILES string of the molecule is CCN(CCNC(=NC)NCc1ncnn1C)c1ccccc1C. The zero-order chi connectivity index (χ0) is 17.4. The number of hydrogen-bond acceptors (Lipinski definition) is 4. The van der Waals surface area contributed by atoms with E-state index in [2.05, 4.69) is 68.7 Å². The number of hydrogen-bond donors (Lipinski definition) is 2. The molecular weight excluding hydrogens is 302 g/mol. The summed E-state index contributed by atoms with van der Waals surface area (Å²) in [5.41, 5.74) is 2.58. The van der Waals surface area contributed by atoms with Gasteiger partial charge in [-0.15, -0.1) is 0 Å². The summed E-state index contributed by atoms with van der Waals surface area (Å²) in [6.07, 6.45) is 1.55. The van der Waals surface area contributed by atoms with Crippen molar-refractivity contribution in [2.45, 2.75) is 20.4 Å². The van der Waals surface area contributed by atoms with Crippen molar-refractivity contribution in [3.05, 3.63) is 42.0 Å². The highest BCUT2D eigenvalue weighted by Crippen LogP contribution is 2.18. The Balaban J connectivity index is 1.82. The van der Waals surface area contributed by atoms with Crippen LogP contribution < -0.4 is 15.5 Å². The van der Waals surface area contributed by atoms with Gasteiger partial charge in [-0.05, 0) is 25.5 Å². The Morgan fingerprint density at radius 3 is 2.71 bits per heavy atom.